The van der Waals surface area contributed by atoms with Gasteiger partial charge in [-0.1, -0.05) is 0 Å². The third kappa shape index (κ3) is 4.08. The van der Waals surface area contributed by atoms with Crippen molar-refractivity contribution >= 4 is 10.0 Å². The lowest BCUT2D eigenvalue weighted by atomic mass is 9.94. The molecule has 8 heteroatoms. The summed E-state index contributed by atoms with van der Waals surface area (Å²) in [5, 5.41) is 9.48. The highest BCUT2D eigenvalue weighted by Crippen LogP contribution is 2.28. The summed E-state index contributed by atoms with van der Waals surface area (Å²) >= 11 is 0. The Morgan fingerprint density at radius 2 is 1.46 bits per heavy atom. The third-order valence-corrected chi connectivity index (χ3v) is 6.01. The van der Waals surface area contributed by atoms with Crippen molar-refractivity contribution in [3.8, 4) is 11.1 Å². The minimum atomic E-state index is -3.94. The monoisotopic (exact) mass is 385 g/mol. The minimum absolute atomic E-state index is 0.151. The van der Waals surface area contributed by atoms with Gasteiger partial charge in [-0.05, 0) is 56.0 Å². The maximum atomic E-state index is 14.4. The van der Waals surface area contributed by atoms with Crippen molar-refractivity contribution in [3.63, 3.8) is 0 Å². The molecule has 4 nitrogen and oxygen atoms in total. The van der Waals surface area contributed by atoms with Crippen LogP contribution in [0.3, 0.4) is 0 Å². The van der Waals surface area contributed by atoms with E-state index in [9.17, 15) is 26.7 Å². The van der Waals surface area contributed by atoms with Crippen LogP contribution in [0.4, 0.5) is 13.2 Å². The number of aliphatic hydroxyl groups is 1. The number of sulfonamides is 1. The van der Waals surface area contributed by atoms with Crippen molar-refractivity contribution in [3.05, 3.63) is 53.8 Å². The van der Waals surface area contributed by atoms with Crippen LogP contribution in [-0.2, 0) is 10.0 Å². The Morgan fingerprint density at radius 1 is 0.885 bits per heavy atom. The molecule has 0 unspecified atom stereocenters. The van der Waals surface area contributed by atoms with Gasteiger partial charge in [0.25, 0.3) is 0 Å². The standard InChI is InChI=1S/C18H18F3NO3S/c19-11-1-7-15(17(20)9-11)16-8-6-14(10-18(16)21)26(24,25)22-12-2-4-13(23)5-3-12/h1,6-10,12-13,22-23H,2-5H2. The SMILES string of the molecule is O=S(=O)(NC1CCC(O)CC1)c1ccc(-c2ccc(F)cc2F)c(F)c1. The number of halogens is 3. The summed E-state index contributed by atoms with van der Waals surface area (Å²) in [5.41, 5.74) is -0.302. The molecule has 1 saturated carbocycles. The van der Waals surface area contributed by atoms with Crippen molar-refractivity contribution in [1.82, 2.24) is 4.72 Å². The van der Waals surface area contributed by atoms with Crippen LogP contribution in [0.15, 0.2) is 41.3 Å². The molecule has 0 atom stereocenters. The average molecular weight is 385 g/mol. The zero-order chi connectivity index (χ0) is 18.9. The molecule has 1 aliphatic carbocycles. The highest BCUT2D eigenvalue weighted by atomic mass is 32.2. The first-order valence-electron chi connectivity index (χ1n) is 8.21. The maximum Gasteiger partial charge on any atom is 0.240 e. The molecular formula is C18H18F3NO3S. The van der Waals surface area contributed by atoms with Gasteiger partial charge in [0, 0.05) is 23.2 Å². The molecule has 0 spiro atoms. The van der Waals surface area contributed by atoms with Gasteiger partial charge in [-0.25, -0.2) is 26.3 Å². The second kappa shape index (κ2) is 7.38. The summed E-state index contributed by atoms with van der Waals surface area (Å²) in [5.74, 6) is -2.64. The van der Waals surface area contributed by atoms with E-state index in [-0.39, 0.29) is 22.1 Å². The lowest BCUT2D eigenvalue weighted by Gasteiger charge is -2.26. The van der Waals surface area contributed by atoms with Crippen LogP contribution < -0.4 is 4.72 Å². The van der Waals surface area contributed by atoms with E-state index in [0.29, 0.717) is 31.7 Å². The molecule has 0 radical (unpaired) electrons. The second-order valence-corrected chi connectivity index (χ2v) is 8.11. The summed E-state index contributed by atoms with van der Waals surface area (Å²) in [7, 11) is -3.94. The van der Waals surface area contributed by atoms with Gasteiger partial charge in [-0.3, -0.25) is 0 Å². The van der Waals surface area contributed by atoms with E-state index in [4.69, 9.17) is 0 Å². The fourth-order valence-electron chi connectivity index (χ4n) is 3.07. The smallest absolute Gasteiger partial charge is 0.240 e. The van der Waals surface area contributed by atoms with Crippen LogP contribution in [0.5, 0.6) is 0 Å². The van der Waals surface area contributed by atoms with Crippen LogP contribution in [0.2, 0.25) is 0 Å². The Labute approximate surface area is 149 Å². The van der Waals surface area contributed by atoms with E-state index < -0.39 is 33.6 Å². The highest BCUT2D eigenvalue weighted by molar-refractivity contribution is 7.89. The van der Waals surface area contributed by atoms with Gasteiger partial charge in [0.1, 0.15) is 17.5 Å². The number of nitrogens with one attached hydrogen (secondary N) is 1. The normalized spacial score (nSPS) is 20.9. The number of hydrogen-bond acceptors (Lipinski definition) is 3. The molecule has 140 valence electrons. The predicted molar refractivity (Wildman–Crippen MR) is 90.3 cm³/mol. The Hall–Kier alpha value is -1.90. The Bertz CT molecular complexity index is 910. The largest absolute Gasteiger partial charge is 0.393 e. The van der Waals surface area contributed by atoms with Crippen LogP contribution in [0, 0.1) is 17.5 Å². The fraction of sp³-hybridized carbons (Fsp3) is 0.333. The van der Waals surface area contributed by atoms with Crippen molar-refractivity contribution in [2.45, 2.75) is 42.7 Å². The molecule has 2 aromatic carbocycles. The van der Waals surface area contributed by atoms with Crippen LogP contribution in [-0.4, -0.2) is 25.7 Å². The van der Waals surface area contributed by atoms with Gasteiger partial charge in [-0.15, -0.1) is 0 Å². The summed E-state index contributed by atoms with van der Waals surface area (Å²) < 4.78 is 68.6. The zero-order valence-electron chi connectivity index (χ0n) is 13.8. The number of aliphatic hydroxyl groups excluding tert-OH is 1. The third-order valence-electron chi connectivity index (χ3n) is 4.49. The first-order chi connectivity index (χ1) is 12.3. The molecule has 26 heavy (non-hydrogen) atoms. The predicted octanol–water partition coefficient (Wildman–Crippen LogP) is 3.35. The maximum absolute atomic E-state index is 14.4. The lowest BCUT2D eigenvalue weighted by molar-refractivity contribution is 0.120. The molecule has 0 heterocycles. The van der Waals surface area contributed by atoms with Gasteiger partial charge in [0.2, 0.25) is 10.0 Å². The first-order valence-corrected chi connectivity index (χ1v) is 9.70. The number of rotatable bonds is 4. The van der Waals surface area contributed by atoms with Crippen molar-refractivity contribution in [1.29, 1.82) is 0 Å². The quantitative estimate of drug-likeness (QED) is 0.848. The van der Waals surface area contributed by atoms with Gasteiger partial charge in [0.15, 0.2) is 0 Å². The van der Waals surface area contributed by atoms with E-state index in [1.807, 2.05) is 0 Å². The average Bonchev–Trinajstić information content (AvgIpc) is 2.57. The minimum Gasteiger partial charge on any atom is -0.393 e. The van der Waals surface area contributed by atoms with Gasteiger partial charge in [0.05, 0.1) is 11.0 Å². The molecule has 0 bridgehead atoms. The molecule has 1 aliphatic rings. The van der Waals surface area contributed by atoms with Crippen molar-refractivity contribution in [2.24, 2.45) is 0 Å². The van der Waals surface area contributed by atoms with E-state index in [0.717, 1.165) is 24.3 Å². The van der Waals surface area contributed by atoms with Crippen LogP contribution in [0.1, 0.15) is 25.7 Å². The van der Waals surface area contributed by atoms with Crippen LogP contribution in [0.25, 0.3) is 11.1 Å². The topological polar surface area (TPSA) is 66.4 Å². The highest BCUT2D eigenvalue weighted by Gasteiger charge is 2.25. The lowest BCUT2D eigenvalue weighted by Crippen LogP contribution is -2.38. The molecule has 0 saturated heterocycles. The number of benzene rings is 2. The summed E-state index contributed by atoms with van der Waals surface area (Å²) in [6, 6.07) is 5.58. The summed E-state index contributed by atoms with van der Waals surface area (Å²) in [6.45, 7) is 0. The van der Waals surface area contributed by atoms with Gasteiger partial charge in [-0.2, -0.15) is 0 Å². The van der Waals surface area contributed by atoms with E-state index in [2.05, 4.69) is 4.72 Å². The molecule has 2 N–H and O–H groups in total. The number of hydrogen-bond donors (Lipinski definition) is 2. The van der Waals surface area contributed by atoms with Crippen molar-refractivity contribution in [2.75, 3.05) is 0 Å². The molecule has 0 aromatic heterocycles. The summed E-state index contributed by atoms with van der Waals surface area (Å²) in [6.07, 6.45) is 1.59. The first kappa shape index (κ1) is 18.9. The molecular weight excluding hydrogens is 367 g/mol. The summed E-state index contributed by atoms with van der Waals surface area (Å²) in [4.78, 5) is -0.271. The molecule has 0 amide bonds. The molecule has 2 aromatic rings. The molecule has 3 rings (SSSR count). The van der Waals surface area contributed by atoms with Crippen molar-refractivity contribution < 1.29 is 26.7 Å². The van der Waals surface area contributed by atoms with E-state index in [1.54, 1.807) is 0 Å². The fourth-order valence-corrected chi connectivity index (χ4v) is 4.39. The Kier molecular flexibility index (Phi) is 5.36. The Morgan fingerprint density at radius 3 is 2.04 bits per heavy atom. The second-order valence-electron chi connectivity index (χ2n) is 6.39. The zero-order valence-corrected chi connectivity index (χ0v) is 14.6. The molecule has 1 fully saturated rings. The van der Waals surface area contributed by atoms with Gasteiger partial charge < -0.3 is 5.11 Å². The van der Waals surface area contributed by atoms with E-state index >= 15 is 0 Å². The van der Waals surface area contributed by atoms with Gasteiger partial charge >= 0.3 is 0 Å². The van der Waals surface area contributed by atoms with Crippen LogP contribution >= 0.6 is 0 Å². The Balaban J connectivity index is 1.84. The van der Waals surface area contributed by atoms with E-state index in [1.165, 1.54) is 6.07 Å². The molecule has 0 aliphatic heterocycles.